The van der Waals surface area contributed by atoms with E-state index in [2.05, 4.69) is 6.92 Å². The highest BCUT2D eigenvalue weighted by molar-refractivity contribution is 5.94. The second kappa shape index (κ2) is 7.22. The van der Waals surface area contributed by atoms with Crippen LogP contribution < -0.4 is 15.1 Å². The lowest BCUT2D eigenvalue weighted by Gasteiger charge is -2.31. The fourth-order valence-electron chi connectivity index (χ4n) is 3.19. The van der Waals surface area contributed by atoms with Crippen molar-refractivity contribution in [1.82, 2.24) is 0 Å². The average Bonchev–Trinajstić information content (AvgIpc) is 2.59. The third-order valence-electron chi connectivity index (χ3n) is 4.87. The van der Waals surface area contributed by atoms with Crippen molar-refractivity contribution in [2.75, 3.05) is 0 Å². The minimum Gasteiger partial charge on any atom is -0.489 e. The van der Waals surface area contributed by atoms with Gasteiger partial charge in [-0.15, -0.1) is 0 Å². The minimum absolute atomic E-state index is 0.264. The molecule has 1 aromatic heterocycles. The molecule has 0 N–H and O–H groups in total. The largest absolute Gasteiger partial charge is 0.489 e. The molecule has 2 atom stereocenters. The molecule has 0 fully saturated rings. The minimum atomic E-state index is -0.486. The lowest BCUT2D eigenvalue weighted by atomic mass is 9.96. The summed E-state index contributed by atoms with van der Waals surface area (Å²) in [6.07, 6.45) is 6.15. The van der Waals surface area contributed by atoms with Crippen molar-refractivity contribution in [2.24, 2.45) is 5.92 Å². The summed E-state index contributed by atoms with van der Waals surface area (Å²) in [7, 11) is 0. The SMILES string of the molecule is CCCc1cc(=O)oc2cc(O[C@H](C)[C@@H](C)C=O)c3c(c12)OC(C)(C)C=C3. The van der Waals surface area contributed by atoms with Crippen LogP contribution in [0.3, 0.4) is 0 Å². The monoisotopic (exact) mass is 370 g/mol. The number of ether oxygens (including phenoxy) is 2. The van der Waals surface area contributed by atoms with Gasteiger partial charge in [0.05, 0.1) is 10.9 Å². The molecule has 2 aromatic rings. The summed E-state index contributed by atoms with van der Waals surface area (Å²) >= 11 is 0. The third-order valence-corrected chi connectivity index (χ3v) is 4.87. The van der Waals surface area contributed by atoms with Crippen molar-refractivity contribution in [3.63, 3.8) is 0 Å². The summed E-state index contributed by atoms with van der Waals surface area (Å²) in [5.41, 5.74) is 1.28. The number of benzene rings is 1. The summed E-state index contributed by atoms with van der Waals surface area (Å²) in [6.45, 7) is 9.66. The maximum atomic E-state index is 12.1. The number of aldehydes is 1. The summed E-state index contributed by atoms with van der Waals surface area (Å²) in [4.78, 5) is 23.2. The Morgan fingerprint density at radius 2 is 2.00 bits per heavy atom. The number of carbonyl (C=O) groups is 1. The van der Waals surface area contributed by atoms with Crippen molar-refractivity contribution < 1.29 is 18.7 Å². The Kier molecular flexibility index (Phi) is 5.13. The van der Waals surface area contributed by atoms with Crippen LogP contribution in [-0.4, -0.2) is 18.0 Å². The molecule has 0 radical (unpaired) electrons. The highest BCUT2D eigenvalue weighted by Gasteiger charge is 2.29. The van der Waals surface area contributed by atoms with Gasteiger partial charge in [0, 0.05) is 18.1 Å². The molecule has 144 valence electrons. The quantitative estimate of drug-likeness (QED) is 0.552. The average molecular weight is 370 g/mol. The third kappa shape index (κ3) is 3.77. The lowest BCUT2D eigenvalue weighted by molar-refractivity contribution is -0.112. The van der Waals surface area contributed by atoms with Gasteiger partial charge in [0.25, 0.3) is 0 Å². The first kappa shape index (κ1) is 19.2. The van der Waals surface area contributed by atoms with Crippen LogP contribution in [0.15, 0.2) is 27.4 Å². The van der Waals surface area contributed by atoms with Crippen LogP contribution in [0.5, 0.6) is 11.5 Å². The van der Waals surface area contributed by atoms with E-state index in [1.807, 2.05) is 32.9 Å². The molecular weight excluding hydrogens is 344 g/mol. The first-order valence-electron chi connectivity index (χ1n) is 9.39. The summed E-state index contributed by atoms with van der Waals surface area (Å²) in [5, 5.41) is 0.812. The van der Waals surface area contributed by atoms with E-state index in [1.165, 1.54) is 0 Å². The molecule has 0 spiro atoms. The van der Waals surface area contributed by atoms with E-state index in [1.54, 1.807) is 19.1 Å². The number of hydrogen-bond donors (Lipinski definition) is 0. The Morgan fingerprint density at radius 1 is 1.26 bits per heavy atom. The van der Waals surface area contributed by atoms with Gasteiger partial charge < -0.3 is 18.7 Å². The van der Waals surface area contributed by atoms with Crippen LogP contribution in [0, 0.1) is 5.92 Å². The zero-order valence-electron chi connectivity index (χ0n) is 16.5. The molecule has 27 heavy (non-hydrogen) atoms. The summed E-state index contributed by atoms with van der Waals surface area (Å²) < 4.78 is 17.8. The first-order chi connectivity index (χ1) is 12.8. The fourth-order valence-corrected chi connectivity index (χ4v) is 3.19. The molecule has 1 aliphatic heterocycles. The second-order valence-electron chi connectivity index (χ2n) is 7.69. The van der Waals surface area contributed by atoms with Crippen LogP contribution in [0.1, 0.15) is 52.2 Å². The maximum absolute atomic E-state index is 12.1. The first-order valence-corrected chi connectivity index (χ1v) is 9.39. The van der Waals surface area contributed by atoms with E-state index in [-0.39, 0.29) is 12.0 Å². The van der Waals surface area contributed by atoms with Gasteiger partial charge in [-0.3, -0.25) is 0 Å². The van der Waals surface area contributed by atoms with Gasteiger partial charge in [-0.05, 0) is 44.9 Å². The number of rotatable bonds is 6. The highest BCUT2D eigenvalue weighted by atomic mass is 16.5. The molecule has 1 aliphatic rings. The van der Waals surface area contributed by atoms with E-state index in [4.69, 9.17) is 13.9 Å². The molecule has 0 saturated carbocycles. The van der Waals surface area contributed by atoms with E-state index in [0.717, 1.165) is 35.6 Å². The molecule has 5 nitrogen and oxygen atoms in total. The molecule has 2 heterocycles. The van der Waals surface area contributed by atoms with Crippen molar-refractivity contribution in [3.8, 4) is 11.5 Å². The van der Waals surface area contributed by atoms with Crippen molar-refractivity contribution in [3.05, 3.63) is 39.8 Å². The number of fused-ring (bicyclic) bond motifs is 3. The normalized spacial score (nSPS) is 17.1. The molecule has 1 aromatic carbocycles. The Morgan fingerprint density at radius 3 is 2.67 bits per heavy atom. The van der Waals surface area contributed by atoms with Gasteiger partial charge >= 0.3 is 5.63 Å². The summed E-state index contributed by atoms with van der Waals surface area (Å²) in [5.74, 6) is 0.940. The second-order valence-corrected chi connectivity index (χ2v) is 7.69. The van der Waals surface area contributed by atoms with Crippen molar-refractivity contribution in [1.29, 1.82) is 0 Å². The van der Waals surface area contributed by atoms with E-state index in [9.17, 15) is 9.59 Å². The van der Waals surface area contributed by atoms with E-state index < -0.39 is 11.2 Å². The highest BCUT2D eigenvalue weighted by Crippen LogP contribution is 2.44. The van der Waals surface area contributed by atoms with Gasteiger partial charge in [-0.2, -0.15) is 0 Å². The van der Waals surface area contributed by atoms with Gasteiger partial charge in [0.2, 0.25) is 0 Å². The Labute approximate surface area is 159 Å². The predicted octanol–water partition coefficient (Wildman–Crippen LogP) is 4.53. The van der Waals surface area contributed by atoms with Crippen LogP contribution in [0.25, 0.3) is 17.0 Å². The van der Waals surface area contributed by atoms with Crippen LogP contribution in [0.2, 0.25) is 0 Å². The van der Waals surface area contributed by atoms with Crippen LogP contribution in [0.4, 0.5) is 0 Å². The number of aryl methyl sites for hydroxylation is 1. The molecule has 0 aliphatic carbocycles. The lowest BCUT2D eigenvalue weighted by Crippen LogP contribution is -2.28. The Bertz CT molecular complexity index is 951. The predicted molar refractivity (Wildman–Crippen MR) is 106 cm³/mol. The fraction of sp³-hybridized carbons (Fsp3) is 0.455. The van der Waals surface area contributed by atoms with Gasteiger partial charge in [0.1, 0.15) is 35.1 Å². The molecule has 3 rings (SSSR count). The van der Waals surface area contributed by atoms with Crippen LogP contribution >= 0.6 is 0 Å². The molecule has 5 heteroatoms. The molecule has 0 unspecified atom stereocenters. The smallest absolute Gasteiger partial charge is 0.336 e. The Hall–Kier alpha value is -2.56. The maximum Gasteiger partial charge on any atom is 0.336 e. The van der Waals surface area contributed by atoms with Gasteiger partial charge in [-0.1, -0.05) is 20.3 Å². The molecule has 0 amide bonds. The number of hydrogen-bond acceptors (Lipinski definition) is 5. The molecule has 0 saturated heterocycles. The molecule has 0 bridgehead atoms. The standard InChI is InChI=1S/C22H26O5/c1-6-7-15-10-19(24)26-18-11-17(25-14(3)13(2)12-23)16-8-9-22(4,5)27-21(16)20(15)18/h8-14H,6-7H2,1-5H3/t13-,14+/m0/s1. The van der Waals surface area contributed by atoms with E-state index >= 15 is 0 Å². The van der Waals surface area contributed by atoms with Gasteiger partial charge in [-0.25, -0.2) is 4.79 Å². The summed E-state index contributed by atoms with van der Waals surface area (Å²) in [6, 6.07) is 3.27. The Balaban J connectivity index is 2.27. The number of carbonyl (C=O) groups excluding carboxylic acids is 1. The zero-order chi connectivity index (χ0) is 19.8. The zero-order valence-corrected chi connectivity index (χ0v) is 16.5. The van der Waals surface area contributed by atoms with Crippen LogP contribution in [-0.2, 0) is 11.2 Å². The van der Waals surface area contributed by atoms with Crippen molar-refractivity contribution >= 4 is 23.3 Å². The van der Waals surface area contributed by atoms with Crippen molar-refractivity contribution in [2.45, 2.75) is 59.2 Å². The van der Waals surface area contributed by atoms with E-state index in [0.29, 0.717) is 17.1 Å². The molecular formula is C22H26O5. The van der Waals surface area contributed by atoms with Gasteiger partial charge in [0.15, 0.2) is 0 Å². The topological polar surface area (TPSA) is 65.7 Å².